The first kappa shape index (κ1) is 24.1. The summed E-state index contributed by atoms with van der Waals surface area (Å²) in [7, 11) is 1.46. The zero-order valence-corrected chi connectivity index (χ0v) is 18.7. The maximum Gasteiger partial charge on any atom is 0.255 e. The van der Waals surface area contributed by atoms with E-state index >= 15 is 0 Å². The van der Waals surface area contributed by atoms with E-state index in [9.17, 15) is 18.8 Å². The first-order valence-electron chi connectivity index (χ1n) is 10.1. The van der Waals surface area contributed by atoms with E-state index in [1.165, 1.54) is 25.3 Å². The largest absolute Gasteiger partial charge is 0.493 e. The molecular weight excluding hydrogens is 453 g/mol. The number of piperazine rings is 1. The molecule has 0 aliphatic carbocycles. The summed E-state index contributed by atoms with van der Waals surface area (Å²) in [6, 6.07) is 8.66. The van der Waals surface area contributed by atoms with Gasteiger partial charge in [-0.3, -0.25) is 14.4 Å². The molecule has 1 aliphatic heterocycles. The minimum Gasteiger partial charge on any atom is -0.493 e. The Bertz CT molecular complexity index is 1080. The Labute approximate surface area is 195 Å². The topological polar surface area (TPSA) is 102 Å². The van der Waals surface area contributed by atoms with Crippen LogP contribution < -0.4 is 15.2 Å². The minimum atomic E-state index is -0.603. The standard InChI is InChI=1S/C23H23ClFN3O5/c1-32-20-12-15(2-6-19(20)33-14-21(26)29)3-7-22(30)27-8-10-28(11-9-27)23(31)17-5-4-16(25)13-18(17)24/h2-7,12-13H,8-11,14H2,1H3,(H2,26,29)/b7-3+. The van der Waals surface area contributed by atoms with Gasteiger partial charge in [-0.2, -0.15) is 0 Å². The number of amides is 3. The van der Waals surface area contributed by atoms with Gasteiger partial charge in [-0.25, -0.2) is 4.39 Å². The highest BCUT2D eigenvalue weighted by atomic mass is 35.5. The number of carbonyl (C=O) groups is 3. The molecule has 3 rings (SSSR count). The number of halogens is 2. The Hall–Kier alpha value is -3.59. The average molecular weight is 476 g/mol. The zero-order valence-electron chi connectivity index (χ0n) is 17.9. The molecule has 0 aromatic heterocycles. The van der Waals surface area contributed by atoms with Gasteiger partial charge in [0.1, 0.15) is 5.82 Å². The molecule has 1 saturated heterocycles. The fraction of sp³-hybridized carbons (Fsp3) is 0.261. The Morgan fingerprint density at radius 3 is 2.39 bits per heavy atom. The lowest BCUT2D eigenvalue weighted by molar-refractivity contribution is -0.127. The van der Waals surface area contributed by atoms with E-state index in [1.807, 2.05) is 0 Å². The van der Waals surface area contributed by atoms with Gasteiger partial charge < -0.3 is 25.0 Å². The van der Waals surface area contributed by atoms with E-state index in [4.69, 9.17) is 26.8 Å². The van der Waals surface area contributed by atoms with E-state index in [-0.39, 0.29) is 29.0 Å². The lowest BCUT2D eigenvalue weighted by atomic mass is 10.1. The molecule has 0 saturated carbocycles. The van der Waals surface area contributed by atoms with Gasteiger partial charge in [0.2, 0.25) is 5.91 Å². The van der Waals surface area contributed by atoms with Crippen molar-refractivity contribution >= 4 is 35.4 Å². The molecule has 1 aliphatic rings. The Balaban J connectivity index is 1.57. The summed E-state index contributed by atoms with van der Waals surface area (Å²) in [5, 5.41) is 0.0583. The fourth-order valence-electron chi connectivity index (χ4n) is 3.29. The van der Waals surface area contributed by atoms with Crippen molar-refractivity contribution in [1.82, 2.24) is 9.80 Å². The van der Waals surface area contributed by atoms with Gasteiger partial charge in [-0.1, -0.05) is 17.7 Å². The van der Waals surface area contributed by atoms with Gasteiger partial charge in [0, 0.05) is 32.3 Å². The van der Waals surface area contributed by atoms with E-state index in [1.54, 1.807) is 34.1 Å². The first-order chi connectivity index (χ1) is 15.8. The summed E-state index contributed by atoms with van der Waals surface area (Å²) in [5.41, 5.74) is 6.01. The van der Waals surface area contributed by atoms with Gasteiger partial charge in [0.05, 0.1) is 17.7 Å². The number of hydrogen-bond acceptors (Lipinski definition) is 5. The highest BCUT2D eigenvalue weighted by Crippen LogP contribution is 2.28. The third-order valence-electron chi connectivity index (χ3n) is 5.02. The number of carbonyl (C=O) groups excluding carboxylic acids is 3. The molecule has 2 N–H and O–H groups in total. The summed E-state index contributed by atoms with van der Waals surface area (Å²) < 4.78 is 23.8. The molecule has 8 nitrogen and oxygen atoms in total. The minimum absolute atomic E-state index is 0.0583. The van der Waals surface area contributed by atoms with E-state index in [0.717, 1.165) is 6.07 Å². The van der Waals surface area contributed by atoms with Gasteiger partial charge in [0.25, 0.3) is 11.8 Å². The van der Waals surface area contributed by atoms with Crippen LogP contribution in [0.5, 0.6) is 11.5 Å². The smallest absolute Gasteiger partial charge is 0.255 e. The molecule has 33 heavy (non-hydrogen) atoms. The van der Waals surface area contributed by atoms with Crippen molar-refractivity contribution in [2.75, 3.05) is 39.9 Å². The predicted octanol–water partition coefficient (Wildman–Crippen LogP) is 2.35. The number of nitrogens with zero attached hydrogens (tertiary/aromatic N) is 2. The van der Waals surface area contributed by atoms with Gasteiger partial charge >= 0.3 is 0 Å². The summed E-state index contributed by atoms with van der Waals surface area (Å²) >= 11 is 5.99. The Morgan fingerprint density at radius 2 is 1.76 bits per heavy atom. The number of benzene rings is 2. The summed E-state index contributed by atoms with van der Waals surface area (Å²) in [5.74, 6) is -0.846. The fourth-order valence-corrected chi connectivity index (χ4v) is 3.54. The SMILES string of the molecule is COc1cc(/C=C/C(=O)N2CCN(C(=O)c3ccc(F)cc3Cl)CC2)ccc1OCC(N)=O. The second-order valence-corrected chi connectivity index (χ2v) is 7.65. The summed E-state index contributed by atoms with van der Waals surface area (Å²) in [6.07, 6.45) is 3.07. The highest BCUT2D eigenvalue weighted by molar-refractivity contribution is 6.33. The van der Waals surface area contributed by atoms with Crippen LogP contribution in [0.2, 0.25) is 5.02 Å². The monoisotopic (exact) mass is 475 g/mol. The highest BCUT2D eigenvalue weighted by Gasteiger charge is 2.25. The van der Waals surface area contributed by atoms with Crippen molar-refractivity contribution in [2.45, 2.75) is 0 Å². The molecule has 1 fully saturated rings. The quantitative estimate of drug-likeness (QED) is 0.619. The van der Waals surface area contributed by atoms with Gasteiger partial charge in [-0.15, -0.1) is 0 Å². The molecule has 10 heteroatoms. The van der Waals surface area contributed by atoms with Crippen LogP contribution in [0, 0.1) is 5.82 Å². The van der Waals surface area contributed by atoms with E-state index < -0.39 is 11.7 Å². The molecule has 1 heterocycles. The number of rotatable bonds is 7. The number of methoxy groups -OCH3 is 1. The van der Waals surface area contributed by atoms with Crippen molar-refractivity contribution in [3.63, 3.8) is 0 Å². The van der Waals surface area contributed by atoms with E-state index in [0.29, 0.717) is 43.2 Å². The van der Waals surface area contributed by atoms with Crippen LogP contribution in [0.1, 0.15) is 15.9 Å². The van der Waals surface area contributed by atoms with Gasteiger partial charge in [0.15, 0.2) is 18.1 Å². The first-order valence-corrected chi connectivity index (χ1v) is 10.5. The number of hydrogen-bond donors (Lipinski definition) is 1. The molecule has 0 bridgehead atoms. The number of nitrogens with two attached hydrogens (primary N) is 1. The lowest BCUT2D eigenvalue weighted by Crippen LogP contribution is -2.50. The van der Waals surface area contributed by atoms with Gasteiger partial charge in [-0.05, 0) is 42.0 Å². The summed E-state index contributed by atoms with van der Waals surface area (Å²) in [4.78, 5) is 39.3. The molecule has 0 spiro atoms. The molecule has 174 valence electrons. The van der Waals surface area contributed by atoms with Crippen LogP contribution in [0.25, 0.3) is 6.08 Å². The number of ether oxygens (including phenoxy) is 2. The van der Waals surface area contributed by atoms with Crippen LogP contribution in [0.4, 0.5) is 4.39 Å². The summed E-state index contributed by atoms with van der Waals surface area (Å²) in [6.45, 7) is 1.12. The van der Waals surface area contributed by atoms with Crippen LogP contribution in [-0.2, 0) is 9.59 Å². The van der Waals surface area contributed by atoms with Crippen LogP contribution >= 0.6 is 11.6 Å². The number of primary amides is 1. The van der Waals surface area contributed by atoms with Crippen LogP contribution in [0.15, 0.2) is 42.5 Å². The van der Waals surface area contributed by atoms with Crippen molar-refractivity contribution < 1.29 is 28.2 Å². The predicted molar refractivity (Wildman–Crippen MR) is 121 cm³/mol. The van der Waals surface area contributed by atoms with E-state index in [2.05, 4.69) is 0 Å². The zero-order chi connectivity index (χ0) is 24.0. The molecule has 2 aromatic rings. The lowest BCUT2D eigenvalue weighted by Gasteiger charge is -2.34. The van der Waals surface area contributed by atoms with Crippen molar-refractivity contribution in [3.05, 3.63) is 64.4 Å². The molecule has 0 radical (unpaired) electrons. The van der Waals surface area contributed by atoms with Crippen molar-refractivity contribution in [1.29, 1.82) is 0 Å². The Morgan fingerprint density at radius 1 is 1.06 bits per heavy atom. The average Bonchev–Trinajstić information content (AvgIpc) is 2.81. The molecule has 2 aromatic carbocycles. The van der Waals surface area contributed by atoms with Crippen LogP contribution in [0.3, 0.4) is 0 Å². The van der Waals surface area contributed by atoms with Crippen molar-refractivity contribution in [3.8, 4) is 11.5 Å². The molecular formula is C23H23ClFN3O5. The van der Waals surface area contributed by atoms with Crippen LogP contribution in [-0.4, -0.2) is 67.4 Å². The van der Waals surface area contributed by atoms with Crippen molar-refractivity contribution in [2.24, 2.45) is 5.73 Å². The second-order valence-electron chi connectivity index (χ2n) is 7.24. The molecule has 3 amide bonds. The maximum absolute atomic E-state index is 13.2. The maximum atomic E-state index is 13.2. The Kier molecular flexibility index (Phi) is 7.89. The second kappa shape index (κ2) is 10.8. The third-order valence-corrected chi connectivity index (χ3v) is 5.33. The molecule has 0 atom stereocenters. The normalized spacial score (nSPS) is 13.8. The molecule has 0 unspecified atom stereocenters. The third kappa shape index (κ3) is 6.23.